The van der Waals surface area contributed by atoms with E-state index in [-0.39, 0.29) is 12.5 Å². The van der Waals surface area contributed by atoms with Crippen LogP contribution in [0, 0.1) is 5.92 Å². The molecule has 0 atom stereocenters. The van der Waals surface area contributed by atoms with Crippen LogP contribution in [0.1, 0.15) is 38.5 Å². The summed E-state index contributed by atoms with van der Waals surface area (Å²) in [5.41, 5.74) is 6.76. The van der Waals surface area contributed by atoms with Gasteiger partial charge in [-0.1, -0.05) is 32.1 Å². The Morgan fingerprint density at radius 3 is 2.74 bits per heavy atom. The molecule has 2 aromatic heterocycles. The highest BCUT2D eigenvalue weighted by molar-refractivity contribution is 5.80. The van der Waals surface area contributed by atoms with Crippen LogP contribution in [-0.4, -0.2) is 33.9 Å². The predicted molar refractivity (Wildman–Crippen MR) is 89.9 cm³/mol. The van der Waals surface area contributed by atoms with Crippen molar-refractivity contribution in [1.82, 2.24) is 15.0 Å². The van der Waals surface area contributed by atoms with E-state index in [9.17, 15) is 4.79 Å². The fourth-order valence-corrected chi connectivity index (χ4v) is 3.30. The number of hydrogen-bond donors (Lipinski definition) is 1. The van der Waals surface area contributed by atoms with Crippen molar-refractivity contribution in [2.45, 2.75) is 38.5 Å². The highest BCUT2D eigenvalue weighted by Gasteiger charge is 2.17. The Hall–Kier alpha value is -2.24. The van der Waals surface area contributed by atoms with Crippen molar-refractivity contribution in [2.24, 2.45) is 11.7 Å². The molecule has 0 aromatic carbocycles. The molecule has 1 amide bonds. The lowest BCUT2D eigenvalue weighted by Crippen LogP contribution is -2.36. The van der Waals surface area contributed by atoms with Crippen molar-refractivity contribution in [3.63, 3.8) is 0 Å². The molecule has 122 valence electrons. The molecule has 3 rings (SSSR count). The Morgan fingerprint density at radius 2 is 1.96 bits per heavy atom. The van der Waals surface area contributed by atoms with E-state index in [4.69, 9.17) is 5.73 Å². The number of rotatable bonds is 6. The van der Waals surface area contributed by atoms with Gasteiger partial charge in [-0.05, 0) is 24.5 Å². The summed E-state index contributed by atoms with van der Waals surface area (Å²) in [4.78, 5) is 26.4. The lowest BCUT2D eigenvalue weighted by atomic mass is 9.87. The van der Waals surface area contributed by atoms with E-state index in [0.717, 1.165) is 30.2 Å². The number of pyridine rings is 1. The number of anilines is 1. The van der Waals surface area contributed by atoms with Crippen LogP contribution in [0.15, 0.2) is 24.5 Å². The van der Waals surface area contributed by atoms with Gasteiger partial charge in [0.2, 0.25) is 5.91 Å². The third-order valence-corrected chi connectivity index (χ3v) is 4.52. The van der Waals surface area contributed by atoms with Gasteiger partial charge in [0.15, 0.2) is 5.65 Å². The molecule has 6 heteroatoms. The third-order valence-electron chi connectivity index (χ3n) is 4.52. The lowest BCUT2D eigenvalue weighted by Gasteiger charge is -2.27. The molecule has 0 radical (unpaired) electrons. The van der Waals surface area contributed by atoms with Crippen LogP contribution >= 0.6 is 0 Å². The molecule has 23 heavy (non-hydrogen) atoms. The first kappa shape index (κ1) is 15.6. The van der Waals surface area contributed by atoms with Crippen molar-refractivity contribution in [3.05, 3.63) is 24.5 Å². The number of hydrogen-bond acceptors (Lipinski definition) is 5. The molecule has 2 heterocycles. The monoisotopic (exact) mass is 313 g/mol. The second-order valence-electron chi connectivity index (χ2n) is 6.25. The third kappa shape index (κ3) is 4.15. The number of aromatic nitrogens is 3. The van der Waals surface area contributed by atoms with Gasteiger partial charge in [0.1, 0.15) is 11.3 Å². The predicted octanol–water partition coefficient (Wildman–Crippen LogP) is 2.29. The fourth-order valence-electron chi connectivity index (χ4n) is 3.30. The Kier molecular flexibility index (Phi) is 5.00. The van der Waals surface area contributed by atoms with Gasteiger partial charge in [-0.25, -0.2) is 9.97 Å². The average Bonchev–Trinajstić information content (AvgIpc) is 2.59. The van der Waals surface area contributed by atoms with Gasteiger partial charge < -0.3 is 10.6 Å². The van der Waals surface area contributed by atoms with Gasteiger partial charge in [0, 0.05) is 18.9 Å². The van der Waals surface area contributed by atoms with Crippen LogP contribution in [0.2, 0.25) is 0 Å². The van der Waals surface area contributed by atoms with Crippen LogP contribution in [0.3, 0.4) is 0 Å². The summed E-state index contributed by atoms with van der Waals surface area (Å²) in [6, 6.07) is 3.78. The minimum Gasteiger partial charge on any atom is -0.368 e. The lowest BCUT2D eigenvalue weighted by molar-refractivity contribution is -0.116. The highest BCUT2D eigenvalue weighted by atomic mass is 16.1. The smallest absolute Gasteiger partial charge is 0.236 e. The number of nitrogens with zero attached hydrogens (tertiary/aromatic N) is 4. The summed E-state index contributed by atoms with van der Waals surface area (Å²) >= 11 is 0. The minimum absolute atomic E-state index is 0.186. The molecule has 0 bridgehead atoms. The van der Waals surface area contributed by atoms with Crippen LogP contribution in [0.25, 0.3) is 11.2 Å². The van der Waals surface area contributed by atoms with Crippen LogP contribution in [-0.2, 0) is 4.79 Å². The van der Waals surface area contributed by atoms with Crippen LogP contribution in [0.5, 0.6) is 0 Å². The molecule has 1 fully saturated rings. The molecule has 0 unspecified atom stereocenters. The molecule has 0 saturated heterocycles. The van der Waals surface area contributed by atoms with Gasteiger partial charge in [-0.3, -0.25) is 9.78 Å². The van der Waals surface area contributed by atoms with Gasteiger partial charge in [0.05, 0.1) is 6.54 Å². The Morgan fingerprint density at radius 1 is 1.17 bits per heavy atom. The van der Waals surface area contributed by atoms with E-state index < -0.39 is 0 Å². The second kappa shape index (κ2) is 7.35. The van der Waals surface area contributed by atoms with Crippen LogP contribution in [0.4, 0.5) is 5.82 Å². The van der Waals surface area contributed by atoms with E-state index in [1.165, 1.54) is 32.1 Å². The topological polar surface area (TPSA) is 85.0 Å². The number of fused-ring (bicyclic) bond motifs is 1. The number of carbonyl (C=O) groups excluding carboxylic acids is 1. The SMILES string of the molecule is NC(=O)CN(CCC1CCCCC1)c1ccc2nccnc2n1. The molecular formula is C17H23N5O. The quantitative estimate of drug-likeness (QED) is 0.884. The highest BCUT2D eigenvalue weighted by Crippen LogP contribution is 2.27. The normalized spacial score (nSPS) is 15.7. The van der Waals surface area contributed by atoms with Crippen molar-refractivity contribution < 1.29 is 4.79 Å². The van der Waals surface area contributed by atoms with Crippen molar-refractivity contribution in [2.75, 3.05) is 18.0 Å². The standard InChI is InChI=1S/C17H23N5O/c18-15(23)12-22(11-8-13-4-2-1-3-5-13)16-7-6-14-17(21-16)20-10-9-19-14/h6-7,9-10,13H,1-5,8,11-12H2,(H2,18,23). The number of amides is 1. The van der Waals surface area contributed by atoms with Crippen molar-refractivity contribution in [3.8, 4) is 0 Å². The minimum atomic E-state index is -0.338. The van der Waals surface area contributed by atoms with Gasteiger partial charge in [-0.2, -0.15) is 0 Å². The van der Waals surface area contributed by atoms with E-state index in [0.29, 0.717) is 5.65 Å². The van der Waals surface area contributed by atoms with Crippen LogP contribution < -0.4 is 10.6 Å². The Balaban J connectivity index is 1.74. The van der Waals surface area contributed by atoms with Gasteiger partial charge in [-0.15, -0.1) is 0 Å². The summed E-state index contributed by atoms with van der Waals surface area (Å²) in [5, 5.41) is 0. The number of carbonyl (C=O) groups is 1. The van der Waals surface area contributed by atoms with Crippen molar-refractivity contribution >= 4 is 22.9 Å². The molecule has 1 saturated carbocycles. The molecule has 0 spiro atoms. The summed E-state index contributed by atoms with van der Waals surface area (Å²) in [6.45, 7) is 0.984. The van der Waals surface area contributed by atoms with Gasteiger partial charge >= 0.3 is 0 Å². The maximum Gasteiger partial charge on any atom is 0.236 e. The first-order chi connectivity index (χ1) is 11.2. The second-order valence-corrected chi connectivity index (χ2v) is 6.25. The zero-order valence-corrected chi connectivity index (χ0v) is 13.3. The number of primary amides is 1. The zero-order valence-electron chi connectivity index (χ0n) is 13.3. The van der Waals surface area contributed by atoms with Gasteiger partial charge in [0.25, 0.3) is 0 Å². The molecule has 6 nitrogen and oxygen atoms in total. The fraction of sp³-hybridized carbons (Fsp3) is 0.529. The van der Waals surface area contributed by atoms with E-state index in [2.05, 4.69) is 15.0 Å². The summed E-state index contributed by atoms with van der Waals surface area (Å²) in [6.07, 6.45) is 10.9. The molecule has 2 aromatic rings. The van der Waals surface area contributed by atoms with Crippen molar-refractivity contribution in [1.29, 1.82) is 0 Å². The molecule has 1 aliphatic rings. The first-order valence-electron chi connectivity index (χ1n) is 8.33. The maximum atomic E-state index is 11.4. The Bertz CT molecular complexity index is 669. The summed E-state index contributed by atoms with van der Waals surface area (Å²) < 4.78 is 0. The molecule has 2 N–H and O–H groups in total. The largest absolute Gasteiger partial charge is 0.368 e. The summed E-state index contributed by atoms with van der Waals surface area (Å²) in [5.74, 6) is 1.15. The molecule has 1 aliphatic carbocycles. The van der Waals surface area contributed by atoms with E-state index >= 15 is 0 Å². The average molecular weight is 313 g/mol. The molecule has 0 aliphatic heterocycles. The first-order valence-corrected chi connectivity index (χ1v) is 8.33. The van der Waals surface area contributed by atoms with E-state index in [1.807, 2.05) is 17.0 Å². The van der Waals surface area contributed by atoms with E-state index in [1.54, 1.807) is 12.4 Å². The Labute approximate surface area is 136 Å². The zero-order chi connectivity index (χ0) is 16.1. The summed E-state index contributed by atoms with van der Waals surface area (Å²) in [7, 11) is 0. The molecular weight excluding hydrogens is 290 g/mol. The number of nitrogens with two attached hydrogens (primary N) is 1. The maximum absolute atomic E-state index is 11.4.